The highest BCUT2D eigenvalue weighted by Crippen LogP contribution is 2.41. The molecule has 1 aliphatic rings. The van der Waals surface area contributed by atoms with Crippen molar-refractivity contribution >= 4 is 34.7 Å². The lowest BCUT2D eigenvalue weighted by Gasteiger charge is -2.16. The Morgan fingerprint density at radius 3 is 2.06 bits per heavy atom. The first kappa shape index (κ1) is 23.5. The molecular weight excluding hydrogens is 432 g/mol. The minimum Gasteiger partial charge on any atom is -0.493 e. The number of benzene rings is 2. The van der Waals surface area contributed by atoms with Crippen LogP contribution in [0.3, 0.4) is 0 Å². The third-order valence-corrected chi connectivity index (χ3v) is 5.47. The number of hydrogen-bond acceptors (Lipinski definition) is 6. The summed E-state index contributed by atoms with van der Waals surface area (Å²) >= 11 is 6.02. The van der Waals surface area contributed by atoms with Crippen LogP contribution < -0.4 is 19.5 Å². The van der Waals surface area contributed by atoms with Crippen LogP contribution in [0, 0.1) is 0 Å². The van der Waals surface area contributed by atoms with Crippen molar-refractivity contribution in [2.24, 2.45) is 0 Å². The first-order chi connectivity index (χ1) is 15.4. The van der Waals surface area contributed by atoms with Gasteiger partial charge in [0.25, 0.3) is 11.8 Å². The van der Waals surface area contributed by atoms with E-state index in [1.165, 1.54) is 26.2 Å². The van der Waals surface area contributed by atoms with Crippen LogP contribution in [0.5, 0.6) is 17.2 Å². The molecule has 0 spiro atoms. The smallest absolute Gasteiger partial charge is 0.278 e. The SMILES string of the molecule is CCCCCN1C(=O)C(Nc2cc(OC)c(OC)c(OC)c2)=C(c2ccc(Cl)cc2)C1=O. The van der Waals surface area contributed by atoms with E-state index in [1.807, 2.05) is 0 Å². The Morgan fingerprint density at radius 2 is 1.53 bits per heavy atom. The normalized spacial score (nSPS) is 13.6. The van der Waals surface area contributed by atoms with Crippen LogP contribution in [-0.4, -0.2) is 44.6 Å². The molecule has 0 radical (unpaired) electrons. The van der Waals surface area contributed by atoms with Crippen LogP contribution in [0.1, 0.15) is 31.7 Å². The molecule has 2 aromatic carbocycles. The maximum absolute atomic E-state index is 13.3. The zero-order valence-electron chi connectivity index (χ0n) is 18.7. The number of rotatable bonds is 10. The molecule has 0 saturated carbocycles. The highest BCUT2D eigenvalue weighted by atomic mass is 35.5. The molecule has 0 saturated heterocycles. The molecule has 1 heterocycles. The second kappa shape index (κ2) is 10.4. The number of halogens is 1. The first-order valence-corrected chi connectivity index (χ1v) is 10.8. The van der Waals surface area contributed by atoms with Gasteiger partial charge in [-0.15, -0.1) is 0 Å². The van der Waals surface area contributed by atoms with Gasteiger partial charge in [-0.3, -0.25) is 14.5 Å². The number of imide groups is 1. The van der Waals surface area contributed by atoms with E-state index in [1.54, 1.807) is 36.4 Å². The van der Waals surface area contributed by atoms with Crippen LogP contribution in [0.2, 0.25) is 5.02 Å². The van der Waals surface area contributed by atoms with Crippen molar-refractivity contribution in [1.82, 2.24) is 4.90 Å². The van der Waals surface area contributed by atoms with E-state index in [2.05, 4.69) is 12.2 Å². The van der Waals surface area contributed by atoms with Crippen molar-refractivity contribution < 1.29 is 23.8 Å². The number of methoxy groups -OCH3 is 3. The molecule has 32 heavy (non-hydrogen) atoms. The van der Waals surface area contributed by atoms with Crippen molar-refractivity contribution in [3.63, 3.8) is 0 Å². The number of amides is 2. The second-order valence-corrected chi connectivity index (χ2v) is 7.70. The zero-order chi connectivity index (χ0) is 23.3. The average Bonchev–Trinajstić information content (AvgIpc) is 3.03. The summed E-state index contributed by atoms with van der Waals surface area (Å²) in [7, 11) is 4.54. The molecule has 0 bridgehead atoms. The number of carbonyl (C=O) groups is 2. The Hall–Kier alpha value is -3.19. The first-order valence-electron chi connectivity index (χ1n) is 10.4. The number of hydrogen-bond donors (Lipinski definition) is 1. The third-order valence-electron chi connectivity index (χ3n) is 5.22. The van der Waals surface area contributed by atoms with Gasteiger partial charge < -0.3 is 19.5 Å². The molecule has 170 valence electrons. The van der Waals surface area contributed by atoms with E-state index in [9.17, 15) is 9.59 Å². The highest BCUT2D eigenvalue weighted by molar-refractivity contribution is 6.36. The lowest BCUT2D eigenvalue weighted by molar-refractivity contribution is -0.136. The van der Waals surface area contributed by atoms with Gasteiger partial charge in [0.2, 0.25) is 5.75 Å². The number of carbonyl (C=O) groups excluding carboxylic acids is 2. The van der Waals surface area contributed by atoms with Gasteiger partial charge in [-0.1, -0.05) is 43.5 Å². The molecule has 1 aliphatic heterocycles. The molecule has 0 fully saturated rings. The van der Waals surface area contributed by atoms with Crippen molar-refractivity contribution in [2.45, 2.75) is 26.2 Å². The number of ether oxygens (including phenoxy) is 3. The topological polar surface area (TPSA) is 77.1 Å². The summed E-state index contributed by atoms with van der Waals surface area (Å²) in [5.74, 6) is 0.592. The molecule has 0 unspecified atom stereocenters. The minimum absolute atomic E-state index is 0.197. The fraction of sp³-hybridized carbons (Fsp3) is 0.333. The van der Waals surface area contributed by atoms with Gasteiger partial charge in [0, 0.05) is 29.4 Å². The molecule has 1 N–H and O–H groups in total. The summed E-state index contributed by atoms with van der Waals surface area (Å²) in [4.78, 5) is 27.8. The highest BCUT2D eigenvalue weighted by Gasteiger charge is 2.39. The van der Waals surface area contributed by atoms with Gasteiger partial charge in [0.15, 0.2) is 11.5 Å². The van der Waals surface area contributed by atoms with Crippen LogP contribution in [0.25, 0.3) is 5.57 Å². The van der Waals surface area contributed by atoms with Crippen LogP contribution >= 0.6 is 11.6 Å². The summed E-state index contributed by atoms with van der Waals surface area (Å²) in [5.41, 5.74) is 1.64. The quantitative estimate of drug-likeness (QED) is 0.409. The molecule has 2 amide bonds. The third kappa shape index (κ3) is 4.67. The van der Waals surface area contributed by atoms with Crippen molar-refractivity contribution in [1.29, 1.82) is 0 Å². The maximum atomic E-state index is 13.3. The Bertz CT molecular complexity index is 1010. The average molecular weight is 459 g/mol. The Morgan fingerprint density at radius 1 is 0.906 bits per heavy atom. The Balaban J connectivity index is 2.05. The predicted molar refractivity (Wildman–Crippen MR) is 124 cm³/mol. The molecule has 2 aromatic rings. The van der Waals surface area contributed by atoms with Crippen LogP contribution in [-0.2, 0) is 9.59 Å². The number of unbranched alkanes of at least 4 members (excludes halogenated alkanes) is 2. The monoisotopic (exact) mass is 458 g/mol. The van der Waals surface area contributed by atoms with E-state index >= 15 is 0 Å². The fourth-order valence-electron chi connectivity index (χ4n) is 3.60. The standard InChI is InChI=1S/C24H27ClN2O5/c1-5-6-7-12-27-23(28)20(15-8-10-16(25)11-9-15)21(24(27)29)26-17-13-18(30-2)22(32-4)19(14-17)31-3/h8-11,13-14,26H,5-7,12H2,1-4H3. The largest absolute Gasteiger partial charge is 0.493 e. The number of nitrogens with zero attached hydrogens (tertiary/aromatic N) is 1. The summed E-state index contributed by atoms with van der Waals surface area (Å²) in [5, 5.41) is 3.67. The summed E-state index contributed by atoms with van der Waals surface area (Å²) in [6.07, 6.45) is 2.67. The van der Waals surface area contributed by atoms with Gasteiger partial charge in [0.05, 0.1) is 26.9 Å². The van der Waals surface area contributed by atoms with Gasteiger partial charge in [-0.2, -0.15) is 0 Å². The van der Waals surface area contributed by atoms with Gasteiger partial charge in [0.1, 0.15) is 5.70 Å². The van der Waals surface area contributed by atoms with Crippen molar-refractivity contribution in [3.8, 4) is 17.2 Å². The molecule has 8 heteroatoms. The molecular formula is C24H27ClN2O5. The fourth-order valence-corrected chi connectivity index (χ4v) is 3.72. The molecule has 3 rings (SSSR count). The van der Waals surface area contributed by atoms with Gasteiger partial charge >= 0.3 is 0 Å². The molecule has 0 aromatic heterocycles. The number of anilines is 1. The van der Waals surface area contributed by atoms with Crippen molar-refractivity contribution in [2.75, 3.05) is 33.2 Å². The molecule has 0 atom stereocenters. The van der Waals surface area contributed by atoms with E-state index in [4.69, 9.17) is 25.8 Å². The maximum Gasteiger partial charge on any atom is 0.278 e. The van der Waals surface area contributed by atoms with Gasteiger partial charge in [-0.25, -0.2) is 0 Å². The lowest BCUT2D eigenvalue weighted by atomic mass is 10.0. The van der Waals surface area contributed by atoms with E-state index in [-0.39, 0.29) is 17.5 Å². The second-order valence-electron chi connectivity index (χ2n) is 7.26. The van der Waals surface area contributed by atoms with Crippen LogP contribution in [0.4, 0.5) is 5.69 Å². The summed E-state index contributed by atoms with van der Waals surface area (Å²) in [6.45, 7) is 2.44. The lowest BCUT2D eigenvalue weighted by Crippen LogP contribution is -2.33. The Kier molecular flexibility index (Phi) is 7.64. The van der Waals surface area contributed by atoms with Gasteiger partial charge in [-0.05, 0) is 24.1 Å². The summed E-state index contributed by atoms with van der Waals surface area (Å²) in [6, 6.07) is 10.2. The van der Waals surface area contributed by atoms with E-state index in [0.717, 1.165) is 19.3 Å². The summed E-state index contributed by atoms with van der Waals surface area (Å²) < 4.78 is 16.2. The van der Waals surface area contributed by atoms with Crippen molar-refractivity contribution in [3.05, 3.63) is 52.7 Å². The van der Waals surface area contributed by atoms with E-state index in [0.29, 0.717) is 45.6 Å². The zero-order valence-corrected chi connectivity index (χ0v) is 19.4. The predicted octanol–water partition coefficient (Wildman–Crippen LogP) is 4.75. The molecule has 0 aliphatic carbocycles. The number of nitrogens with one attached hydrogen (secondary N) is 1. The van der Waals surface area contributed by atoms with E-state index < -0.39 is 0 Å². The minimum atomic E-state index is -0.371. The molecule has 7 nitrogen and oxygen atoms in total. The Labute approximate surface area is 192 Å². The van der Waals surface area contributed by atoms with Crippen LogP contribution in [0.15, 0.2) is 42.1 Å².